The van der Waals surface area contributed by atoms with E-state index < -0.39 is 11.4 Å². The third-order valence-electron chi connectivity index (χ3n) is 4.69. The first-order chi connectivity index (χ1) is 10.1. The summed E-state index contributed by atoms with van der Waals surface area (Å²) in [7, 11) is 0. The highest BCUT2D eigenvalue weighted by Gasteiger charge is 2.41. The van der Waals surface area contributed by atoms with Gasteiger partial charge in [-0.1, -0.05) is 12.8 Å². The quantitative estimate of drug-likeness (QED) is 0.901. The predicted octanol–water partition coefficient (Wildman–Crippen LogP) is 2.46. The summed E-state index contributed by atoms with van der Waals surface area (Å²) < 4.78 is 0. The van der Waals surface area contributed by atoms with Gasteiger partial charge in [0.25, 0.3) is 0 Å². The van der Waals surface area contributed by atoms with Crippen molar-refractivity contribution in [2.45, 2.75) is 38.6 Å². The number of hydrogen-bond donors (Lipinski definition) is 2. The SMILES string of the molecule is O=C(NCC1(C(=O)O)CCCC1)N1CCc2sccc2C1. The van der Waals surface area contributed by atoms with Gasteiger partial charge >= 0.3 is 12.0 Å². The van der Waals surface area contributed by atoms with Crippen molar-refractivity contribution >= 4 is 23.3 Å². The van der Waals surface area contributed by atoms with E-state index in [1.807, 2.05) is 0 Å². The molecule has 3 rings (SSSR count). The topological polar surface area (TPSA) is 69.6 Å². The molecule has 0 bridgehead atoms. The zero-order valence-electron chi connectivity index (χ0n) is 11.9. The molecule has 5 nitrogen and oxygen atoms in total. The van der Waals surface area contributed by atoms with Gasteiger partial charge in [0.15, 0.2) is 0 Å². The number of carbonyl (C=O) groups excluding carboxylic acids is 1. The van der Waals surface area contributed by atoms with Crippen LogP contribution < -0.4 is 5.32 Å². The Bertz CT molecular complexity index is 549. The lowest BCUT2D eigenvalue weighted by molar-refractivity contribution is -0.148. The summed E-state index contributed by atoms with van der Waals surface area (Å²) in [6.45, 7) is 1.58. The van der Waals surface area contributed by atoms with E-state index in [0.717, 1.165) is 19.3 Å². The van der Waals surface area contributed by atoms with Crippen LogP contribution in [-0.2, 0) is 17.8 Å². The summed E-state index contributed by atoms with van der Waals surface area (Å²) in [6.07, 6.45) is 4.09. The molecule has 2 amide bonds. The monoisotopic (exact) mass is 308 g/mol. The lowest BCUT2D eigenvalue weighted by Crippen LogP contribution is -2.47. The Morgan fingerprint density at radius 3 is 2.86 bits per heavy atom. The summed E-state index contributed by atoms with van der Waals surface area (Å²) >= 11 is 1.74. The van der Waals surface area contributed by atoms with Crippen LogP contribution in [0.15, 0.2) is 11.4 Å². The molecule has 6 heteroatoms. The Balaban J connectivity index is 1.59. The first-order valence-corrected chi connectivity index (χ1v) is 8.30. The average molecular weight is 308 g/mol. The fourth-order valence-electron chi connectivity index (χ4n) is 3.30. The summed E-state index contributed by atoms with van der Waals surface area (Å²) in [4.78, 5) is 26.9. The second-order valence-electron chi connectivity index (χ2n) is 5.99. The number of nitrogens with zero attached hydrogens (tertiary/aromatic N) is 1. The molecule has 1 aliphatic carbocycles. The van der Waals surface area contributed by atoms with Gasteiger partial charge in [-0.2, -0.15) is 0 Å². The number of thiophene rings is 1. The zero-order valence-corrected chi connectivity index (χ0v) is 12.7. The third kappa shape index (κ3) is 2.77. The van der Waals surface area contributed by atoms with Gasteiger partial charge in [0, 0.05) is 24.5 Å². The summed E-state index contributed by atoms with van der Waals surface area (Å²) in [5.74, 6) is -0.779. The van der Waals surface area contributed by atoms with Crippen LogP contribution >= 0.6 is 11.3 Å². The minimum absolute atomic E-state index is 0.139. The number of carboxylic acids is 1. The van der Waals surface area contributed by atoms with Gasteiger partial charge in [-0.3, -0.25) is 4.79 Å². The van der Waals surface area contributed by atoms with E-state index in [-0.39, 0.29) is 12.6 Å². The molecule has 21 heavy (non-hydrogen) atoms. The maximum absolute atomic E-state index is 12.3. The summed E-state index contributed by atoms with van der Waals surface area (Å²) in [5, 5.41) is 14.3. The number of aliphatic carboxylic acids is 1. The van der Waals surface area contributed by atoms with Crippen LogP contribution in [0.2, 0.25) is 0 Å². The first-order valence-electron chi connectivity index (χ1n) is 7.42. The number of hydrogen-bond acceptors (Lipinski definition) is 3. The molecule has 0 spiro atoms. The number of amides is 2. The molecule has 0 radical (unpaired) electrons. The molecule has 1 fully saturated rings. The Labute approximate surface area is 128 Å². The summed E-state index contributed by atoms with van der Waals surface area (Å²) in [6, 6.07) is 1.93. The van der Waals surface area contributed by atoms with E-state index in [4.69, 9.17) is 0 Å². The smallest absolute Gasteiger partial charge is 0.317 e. The number of rotatable bonds is 3. The molecule has 1 aromatic heterocycles. The molecular formula is C15H20N2O3S. The minimum atomic E-state index is -0.779. The Kier molecular flexibility index (Phi) is 3.89. The molecule has 2 heterocycles. The molecule has 0 atom stereocenters. The molecule has 114 valence electrons. The number of urea groups is 1. The fraction of sp³-hybridized carbons (Fsp3) is 0.600. The number of nitrogens with one attached hydrogen (secondary N) is 1. The van der Waals surface area contributed by atoms with E-state index in [1.165, 1.54) is 10.4 Å². The van der Waals surface area contributed by atoms with E-state index in [2.05, 4.69) is 16.8 Å². The van der Waals surface area contributed by atoms with Crippen LogP contribution in [0, 0.1) is 5.41 Å². The number of fused-ring (bicyclic) bond motifs is 1. The molecule has 2 N–H and O–H groups in total. The largest absolute Gasteiger partial charge is 0.481 e. The molecule has 2 aliphatic rings. The van der Waals surface area contributed by atoms with Crippen LogP contribution in [-0.4, -0.2) is 35.1 Å². The molecule has 0 saturated heterocycles. The molecule has 0 unspecified atom stereocenters. The maximum atomic E-state index is 12.3. The second-order valence-corrected chi connectivity index (χ2v) is 6.99. The van der Waals surface area contributed by atoms with Crippen LogP contribution in [0.3, 0.4) is 0 Å². The molecule has 0 aromatic carbocycles. The van der Waals surface area contributed by atoms with Gasteiger partial charge in [0.1, 0.15) is 0 Å². The highest BCUT2D eigenvalue weighted by Crippen LogP contribution is 2.37. The highest BCUT2D eigenvalue weighted by molar-refractivity contribution is 7.10. The van der Waals surface area contributed by atoms with Crippen molar-refractivity contribution in [1.82, 2.24) is 10.2 Å². The van der Waals surface area contributed by atoms with Crippen molar-refractivity contribution in [3.63, 3.8) is 0 Å². The van der Waals surface area contributed by atoms with Crippen LogP contribution in [0.4, 0.5) is 4.79 Å². The van der Waals surface area contributed by atoms with Crippen molar-refractivity contribution in [3.8, 4) is 0 Å². The van der Waals surface area contributed by atoms with Gasteiger partial charge in [0.2, 0.25) is 0 Å². The second kappa shape index (κ2) is 5.67. The lowest BCUT2D eigenvalue weighted by atomic mass is 9.86. The number of carbonyl (C=O) groups is 2. The van der Waals surface area contributed by atoms with Crippen molar-refractivity contribution in [3.05, 3.63) is 21.9 Å². The molecular weight excluding hydrogens is 288 g/mol. The van der Waals surface area contributed by atoms with E-state index in [0.29, 0.717) is 25.9 Å². The minimum Gasteiger partial charge on any atom is -0.481 e. The van der Waals surface area contributed by atoms with Gasteiger partial charge in [-0.15, -0.1) is 11.3 Å². The Morgan fingerprint density at radius 2 is 2.14 bits per heavy atom. The van der Waals surface area contributed by atoms with Crippen molar-refractivity contribution in [2.24, 2.45) is 5.41 Å². The summed E-state index contributed by atoms with van der Waals surface area (Å²) in [5.41, 5.74) is 0.467. The first kappa shape index (κ1) is 14.4. The van der Waals surface area contributed by atoms with Gasteiger partial charge in [-0.25, -0.2) is 4.79 Å². The normalized spacial score (nSPS) is 20.1. The Morgan fingerprint density at radius 1 is 1.38 bits per heavy atom. The van der Waals surface area contributed by atoms with Gasteiger partial charge in [0.05, 0.1) is 5.41 Å². The molecule has 1 aromatic rings. The van der Waals surface area contributed by atoms with E-state index >= 15 is 0 Å². The van der Waals surface area contributed by atoms with Gasteiger partial charge in [-0.05, 0) is 36.3 Å². The van der Waals surface area contributed by atoms with Crippen molar-refractivity contribution < 1.29 is 14.7 Å². The fourth-order valence-corrected chi connectivity index (χ4v) is 4.19. The van der Waals surface area contributed by atoms with E-state index in [9.17, 15) is 14.7 Å². The lowest BCUT2D eigenvalue weighted by Gasteiger charge is -2.30. The highest BCUT2D eigenvalue weighted by atomic mass is 32.1. The van der Waals surface area contributed by atoms with Crippen LogP contribution in [0.25, 0.3) is 0 Å². The van der Waals surface area contributed by atoms with Gasteiger partial charge < -0.3 is 15.3 Å². The standard InChI is InChI=1S/C15H20N2O3S/c18-13(19)15(5-1-2-6-15)10-16-14(20)17-7-3-12-11(9-17)4-8-21-12/h4,8H,1-3,5-7,9-10H2,(H,16,20)(H,18,19). The zero-order chi connectivity index (χ0) is 14.9. The van der Waals surface area contributed by atoms with Crippen molar-refractivity contribution in [1.29, 1.82) is 0 Å². The Hall–Kier alpha value is -1.56. The van der Waals surface area contributed by atoms with Crippen LogP contribution in [0.5, 0.6) is 0 Å². The predicted molar refractivity (Wildman–Crippen MR) is 80.4 cm³/mol. The number of carboxylic acid groups (broad SMARTS) is 1. The average Bonchev–Trinajstić information content (AvgIpc) is 3.13. The van der Waals surface area contributed by atoms with Crippen molar-refractivity contribution in [2.75, 3.05) is 13.1 Å². The molecule has 1 aliphatic heterocycles. The third-order valence-corrected chi connectivity index (χ3v) is 5.71. The van der Waals surface area contributed by atoms with Crippen LogP contribution in [0.1, 0.15) is 36.1 Å². The maximum Gasteiger partial charge on any atom is 0.317 e. The van der Waals surface area contributed by atoms with E-state index in [1.54, 1.807) is 16.2 Å². The molecule has 1 saturated carbocycles.